The van der Waals surface area contributed by atoms with E-state index in [1.165, 1.54) is 30.6 Å². The summed E-state index contributed by atoms with van der Waals surface area (Å²) < 4.78 is 5.43. The van der Waals surface area contributed by atoms with E-state index in [4.69, 9.17) is 4.74 Å². The maximum atomic E-state index is 12.8. The number of esters is 1. The lowest BCUT2D eigenvalue weighted by molar-refractivity contribution is -0.143. The average molecular weight is 428 g/mol. The third-order valence-electron chi connectivity index (χ3n) is 6.07. The van der Waals surface area contributed by atoms with Crippen molar-refractivity contribution in [3.63, 3.8) is 0 Å². The second kappa shape index (κ2) is 9.98. The summed E-state index contributed by atoms with van der Waals surface area (Å²) in [6.07, 6.45) is 6.13. The number of nitrogens with zero attached hydrogens (tertiary/aromatic N) is 1. The Morgan fingerprint density at radius 2 is 1.97 bits per heavy atom. The van der Waals surface area contributed by atoms with Crippen molar-refractivity contribution >= 4 is 23.6 Å². The quantitative estimate of drug-likeness (QED) is 0.627. The Kier molecular flexibility index (Phi) is 7.36. The molecule has 7 heteroatoms. The lowest BCUT2D eigenvalue weighted by atomic mass is 9.94. The van der Waals surface area contributed by atoms with E-state index in [1.54, 1.807) is 33.9 Å². The van der Waals surface area contributed by atoms with Gasteiger partial charge in [-0.05, 0) is 50.8 Å². The first-order valence-corrected chi connectivity index (χ1v) is 11.1. The maximum absolute atomic E-state index is 12.8. The average Bonchev–Trinajstić information content (AvgIpc) is 3.23. The summed E-state index contributed by atoms with van der Waals surface area (Å²) in [5.41, 5.74) is 2.30. The van der Waals surface area contributed by atoms with Gasteiger partial charge in [-0.3, -0.25) is 4.79 Å². The molecule has 0 bridgehead atoms. The Balaban J connectivity index is 1.77. The highest BCUT2D eigenvalue weighted by atomic mass is 16.5. The predicted molar refractivity (Wildman–Crippen MR) is 119 cm³/mol. The fraction of sp³-hybridized carbons (Fsp3) is 0.542. The van der Waals surface area contributed by atoms with Crippen LogP contribution >= 0.6 is 0 Å². The number of anilines is 1. The van der Waals surface area contributed by atoms with E-state index in [-0.39, 0.29) is 18.0 Å². The van der Waals surface area contributed by atoms with Crippen LogP contribution in [0.1, 0.15) is 70.9 Å². The number of urea groups is 1. The Labute approximate surface area is 184 Å². The second-order valence-corrected chi connectivity index (χ2v) is 8.76. The first kappa shape index (κ1) is 22.8. The van der Waals surface area contributed by atoms with E-state index >= 15 is 0 Å². The van der Waals surface area contributed by atoms with E-state index in [9.17, 15) is 14.4 Å². The molecule has 3 amide bonds. The largest absolute Gasteiger partial charge is 0.459 e. The van der Waals surface area contributed by atoms with Gasteiger partial charge in [-0.25, -0.2) is 9.59 Å². The molecule has 0 unspecified atom stereocenters. The van der Waals surface area contributed by atoms with Crippen LogP contribution in [-0.2, 0) is 14.3 Å². The van der Waals surface area contributed by atoms with Crippen molar-refractivity contribution in [2.75, 3.05) is 12.4 Å². The van der Waals surface area contributed by atoms with Crippen molar-refractivity contribution in [1.82, 2.24) is 10.2 Å². The Hall–Kier alpha value is -2.83. The van der Waals surface area contributed by atoms with Crippen molar-refractivity contribution in [3.8, 4) is 0 Å². The molecule has 0 saturated heterocycles. The van der Waals surface area contributed by atoms with Gasteiger partial charge in [0, 0.05) is 24.9 Å². The minimum absolute atomic E-state index is 0.0115. The molecule has 1 saturated carbocycles. The molecule has 2 aliphatic rings. The molecule has 168 valence electrons. The zero-order valence-corrected chi connectivity index (χ0v) is 18.9. The number of hydrogen-bond donors (Lipinski definition) is 2. The summed E-state index contributed by atoms with van der Waals surface area (Å²) >= 11 is 0. The van der Waals surface area contributed by atoms with E-state index in [0.717, 1.165) is 6.42 Å². The normalized spacial score (nSPS) is 19.6. The number of benzene rings is 1. The van der Waals surface area contributed by atoms with Gasteiger partial charge in [-0.15, -0.1) is 0 Å². The van der Waals surface area contributed by atoms with Gasteiger partial charge in [-0.1, -0.05) is 37.8 Å². The number of amides is 3. The molecule has 0 aromatic heterocycles. The van der Waals surface area contributed by atoms with Crippen LogP contribution in [0.5, 0.6) is 0 Å². The summed E-state index contributed by atoms with van der Waals surface area (Å²) in [5, 5.41) is 5.83. The molecule has 0 radical (unpaired) electrons. The minimum atomic E-state index is -0.648. The lowest BCUT2D eigenvalue weighted by Gasteiger charge is -2.33. The minimum Gasteiger partial charge on any atom is -0.459 e. The number of ether oxygens (including phenoxy) is 1. The number of allylic oxidation sites excluding steroid dienone is 1. The van der Waals surface area contributed by atoms with Crippen molar-refractivity contribution in [2.45, 2.75) is 71.4 Å². The standard InChI is InChI=1S/C24H33N3O4/c1-15(2)31-23(29)21-16(3)27(4)24(30)26-22(21)18-10-7-11-19(14-18)25-20(28)13-12-17-8-5-6-9-17/h7,10-11,14-15,17,22H,5-6,8-9,12-13H2,1-4H3,(H,25,28)(H,26,30)/t22-/m1/s1. The van der Waals surface area contributed by atoms with E-state index in [2.05, 4.69) is 10.6 Å². The number of rotatable bonds is 7. The molecule has 1 heterocycles. The van der Waals surface area contributed by atoms with Crippen LogP contribution in [-0.4, -0.2) is 36.0 Å². The topological polar surface area (TPSA) is 87.7 Å². The monoisotopic (exact) mass is 427 g/mol. The summed E-state index contributed by atoms with van der Waals surface area (Å²) in [7, 11) is 1.62. The molecule has 31 heavy (non-hydrogen) atoms. The number of nitrogens with one attached hydrogen (secondary N) is 2. The smallest absolute Gasteiger partial charge is 0.338 e. The molecule has 1 atom stereocenters. The summed E-state index contributed by atoms with van der Waals surface area (Å²) in [6, 6.07) is 6.32. The second-order valence-electron chi connectivity index (χ2n) is 8.76. The van der Waals surface area contributed by atoms with Crippen LogP contribution in [0.3, 0.4) is 0 Å². The Bertz CT molecular complexity index is 871. The summed E-state index contributed by atoms with van der Waals surface area (Å²) in [6.45, 7) is 5.31. The SMILES string of the molecule is CC1=C(C(=O)OC(C)C)[C@@H](c2cccc(NC(=O)CCC3CCCC3)c2)NC(=O)N1C. The summed E-state index contributed by atoms with van der Waals surface area (Å²) in [4.78, 5) is 39.0. The molecule has 7 nitrogen and oxygen atoms in total. The molecule has 2 N–H and O–H groups in total. The maximum Gasteiger partial charge on any atom is 0.338 e. The van der Waals surface area contributed by atoms with Gasteiger partial charge in [0.2, 0.25) is 5.91 Å². The van der Waals surface area contributed by atoms with Crippen LogP contribution in [0.4, 0.5) is 10.5 Å². The molecule has 1 aromatic carbocycles. The highest BCUT2D eigenvalue weighted by Gasteiger charge is 2.35. The van der Waals surface area contributed by atoms with E-state index in [1.807, 2.05) is 18.2 Å². The van der Waals surface area contributed by atoms with Gasteiger partial charge >= 0.3 is 12.0 Å². The van der Waals surface area contributed by atoms with Crippen LogP contribution in [0.25, 0.3) is 0 Å². The molecule has 1 aliphatic heterocycles. The van der Waals surface area contributed by atoms with Gasteiger partial charge < -0.3 is 20.3 Å². The zero-order chi connectivity index (χ0) is 22.5. The van der Waals surface area contributed by atoms with E-state index in [0.29, 0.717) is 34.9 Å². The van der Waals surface area contributed by atoms with Gasteiger partial charge in [0.25, 0.3) is 0 Å². The molecule has 1 fully saturated rings. The summed E-state index contributed by atoms with van der Waals surface area (Å²) in [5.74, 6) is 0.187. The van der Waals surface area contributed by atoms with Gasteiger partial charge in [-0.2, -0.15) is 0 Å². The van der Waals surface area contributed by atoms with Crippen molar-refractivity contribution in [2.24, 2.45) is 5.92 Å². The third kappa shape index (κ3) is 5.66. The molecular weight excluding hydrogens is 394 g/mol. The van der Waals surface area contributed by atoms with Crippen molar-refractivity contribution < 1.29 is 19.1 Å². The number of hydrogen-bond acceptors (Lipinski definition) is 4. The van der Waals surface area contributed by atoms with E-state index < -0.39 is 12.0 Å². The van der Waals surface area contributed by atoms with Crippen LogP contribution in [0, 0.1) is 5.92 Å². The van der Waals surface area contributed by atoms with Crippen LogP contribution in [0.15, 0.2) is 35.5 Å². The third-order valence-corrected chi connectivity index (χ3v) is 6.07. The Morgan fingerprint density at radius 3 is 2.65 bits per heavy atom. The van der Waals surface area contributed by atoms with Crippen molar-refractivity contribution in [1.29, 1.82) is 0 Å². The van der Waals surface area contributed by atoms with Gasteiger partial charge in [0.05, 0.1) is 17.7 Å². The highest BCUT2D eigenvalue weighted by Crippen LogP contribution is 2.32. The van der Waals surface area contributed by atoms with Gasteiger partial charge in [0.15, 0.2) is 0 Å². The molecule has 0 spiro atoms. The molecule has 3 rings (SSSR count). The van der Waals surface area contributed by atoms with Crippen LogP contribution < -0.4 is 10.6 Å². The fourth-order valence-corrected chi connectivity index (χ4v) is 4.28. The highest BCUT2D eigenvalue weighted by molar-refractivity contribution is 5.95. The number of carbonyl (C=O) groups is 3. The first-order chi connectivity index (χ1) is 14.8. The first-order valence-electron chi connectivity index (χ1n) is 11.1. The fourth-order valence-electron chi connectivity index (χ4n) is 4.28. The lowest BCUT2D eigenvalue weighted by Crippen LogP contribution is -2.46. The van der Waals surface area contributed by atoms with Crippen molar-refractivity contribution in [3.05, 3.63) is 41.1 Å². The van der Waals surface area contributed by atoms with Gasteiger partial charge in [0.1, 0.15) is 0 Å². The Morgan fingerprint density at radius 1 is 1.26 bits per heavy atom. The zero-order valence-electron chi connectivity index (χ0n) is 18.9. The molecule has 1 aromatic rings. The molecular formula is C24H33N3O4. The molecule has 1 aliphatic carbocycles. The number of carbonyl (C=O) groups excluding carboxylic acids is 3. The predicted octanol–water partition coefficient (Wildman–Crippen LogP) is 4.52. The van der Waals surface area contributed by atoms with Crippen LogP contribution in [0.2, 0.25) is 0 Å².